The highest BCUT2D eigenvalue weighted by Crippen LogP contribution is 2.19. The number of likely N-dealkylation sites (N-methyl/N-ethyl adjacent to an activating group) is 1. The molecular formula is C13H25N5O2S. The van der Waals surface area contributed by atoms with Gasteiger partial charge in [0.15, 0.2) is 0 Å². The Morgan fingerprint density at radius 2 is 2.19 bits per heavy atom. The highest BCUT2D eigenvalue weighted by molar-refractivity contribution is 7.87. The van der Waals surface area contributed by atoms with Crippen LogP contribution in [0.2, 0.25) is 0 Å². The zero-order valence-corrected chi connectivity index (χ0v) is 13.8. The molecule has 0 aromatic carbocycles. The van der Waals surface area contributed by atoms with Gasteiger partial charge in [0.05, 0.1) is 6.20 Å². The minimum absolute atomic E-state index is 0.0382. The smallest absolute Gasteiger partial charge is 0.280 e. The van der Waals surface area contributed by atoms with Gasteiger partial charge < -0.3 is 5.32 Å². The lowest BCUT2D eigenvalue weighted by Gasteiger charge is -2.34. The normalized spacial score (nSPS) is 20.8. The van der Waals surface area contributed by atoms with Crippen molar-refractivity contribution in [2.24, 2.45) is 7.05 Å². The second-order valence-corrected chi connectivity index (χ2v) is 7.23. The van der Waals surface area contributed by atoms with Gasteiger partial charge in [0.1, 0.15) is 0 Å². The summed E-state index contributed by atoms with van der Waals surface area (Å²) in [5, 5.41) is 7.21. The van der Waals surface area contributed by atoms with Gasteiger partial charge in [-0.2, -0.15) is 22.5 Å². The molecule has 1 unspecified atom stereocenters. The van der Waals surface area contributed by atoms with E-state index in [1.54, 1.807) is 15.2 Å². The van der Waals surface area contributed by atoms with Crippen molar-refractivity contribution >= 4 is 10.2 Å². The Morgan fingerprint density at radius 3 is 2.81 bits per heavy atom. The predicted molar refractivity (Wildman–Crippen MR) is 82.0 cm³/mol. The molecule has 2 rings (SSSR count). The third-order valence-corrected chi connectivity index (χ3v) is 5.71. The molecule has 2 N–H and O–H groups in total. The molecule has 0 aliphatic carbocycles. The van der Waals surface area contributed by atoms with Gasteiger partial charge in [-0.25, -0.2) is 0 Å². The van der Waals surface area contributed by atoms with Crippen LogP contribution in [0.5, 0.6) is 0 Å². The van der Waals surface area contributed by atoms with Crippen molar-refractivity contribution in [2.75, 3.05) is 20.1 Å². The first-order valence-electron chi connectivity index (χ1n) is 7.34. The van der Waals surface area contributed by atoms with Crippen molar-refractivity contribution in [1.82, 2.24) is 24.1 Å². The summed E-state index contributed by atoms with van der Waals surface area (Å²) in [6, 6.07) is 0.0382. The molecule has 1 saturated heterocycles. The highest BCUT2D eigenvalue weighted by Gasteiger charge is 2.31. The SMILES string of the molecule is CNCC1CCCCN1S(=O)(=O)NCc1cnn(C)c1C. The van der Waals surface area contributed by atoms with E-state index in [1.807, 2.05) is 21.0 Å². The summed E-state index contributed by atoms with van der Waals surface area (Å²) in [6.07, 6.45) is 4.62. The van der Waals surface area contributed by atoms with Crippen molar-refractivity contribution in [2.45, 2.75) is 38.8 Å². The summed E-state index contributed by atoms with van der Waals surface area (Å²) in [4.78, 5) is 0. The Labute approximate surface area is 126 Å². The Morgan fingerprint density at radius 1 is 1.43 bits per heavy atom. The lowest BCUT2D eigenvalue weighted by atomic mass is 10.1. The molecule has 0 saturated carbocycles. The third kappa shape index (κ3) is 3.82. The van der Waals surface area contributed by atoms with Gasteiger partial charge >= 0.3 is 0 Å². The number of rotatable bonds is 6. The number of piperidine rings is 1. The maximum absolute atomic E-state index is 12.5. The van der Waals surface area contributed by atoms with E-state index in [9.17, 15) is 8.42 Å². The molecule has 120 valence electrons. The fourth-order valence-corrected chi connectivity index (χ4v) is 4.15. The first-order valence-corrected chi connectivity index (χ1v) is 8.78. The number of hydrogen-bond donors (Lipinski definition) is 2. The monoisotopic (exact) mass is 315 g/mol. The molecule has 1 atom stereocenters. The number of hydrogen-bond acceptors (Lipinski definition) is 4. The van der Waals surface area contributed by atoms with Crippen LogP contribution in [-0.4, -0.2) is 48.7 Å². The first kappa shape index (κ1) is 16.4. The molecule has 0 spiro atoms. The molecular weight excluding hydrogens is 290 g/mol. The zero-order valence-electron chi connectivity index (χ0n) is 13.0. The van der Waals surface area contributed by atoms with Crippen molar-refractivity contribution in [1.29, 1.82) is 0 Å². The van der Waals surface area contributed by atoms with E-state index in [2.05, 4.69) is 15.1 Å². The van der Waals surface area contributed by atoms with Crippen molar-refractivity contribution in [3.05, 3.63) is 17.5 Å². The van der Waals surface area contributed by atoms with Crippen molar-refractivity contribution < 1.29 is 8.42 Å². The summed E-state index contributed by atoms with van der Waals surface area (Å²) in [7, 11) is 0.247. The van der Waals surface area contributed by atoms with Gasteiger partial charge in [-0.15, -0.1) is 0 Å². The maximum atomic E-state index is 12.5. The molecule has 1 aromatic heterocycles. The molecule has 1 aliphatic heterocycles. The van der Waals surface area contributed by atoms with Crippen LogP contribution < -0.4 is 10.0 Å². The summed E-state index contributed by atoms with van der Waals surface area (Å²) in [5.41, 5.74) is 1.88. The number of aromatic nitrogens is 2. The van der Waals surface area contributed by atoms with Crippen molar-refractivity contribution in [3.8, 4) is 0 Å². The standard InChI is InChI=1S/C13H25N5O2S/c1-11-12(8-15-17(11)3)9-16-21(19,20)18-7-5-4-6-13(18)10-14-2/h8,13-14,16H,4-7,9-10H2,1-3H3. The number of nitrogens with one attached hydrogen (secondary N) is 2. The topological polar surface area (TPSA) is 79.3 Å². The zero-order chi connectivity index (χ0) is 15.5. The van der Waals surface area contributed by atoms with Crippen LogP contribution in [-0.2, 0) is 23.8 Å². The minimum atomic E-state index is -3.45. The summed E-state index contributed by atoms with van der Waals surface area (Å²) in [5.74, 6) is 0. The van der Waals surface area contributed by atoms with E-state index in [4.69, 9.17) is 0 Å². The van der Waals surface area contributed by atoms with E-state index in [1.165, 1.54) is 0 Å². The van der Waals surface area contributed by atoms with E-state index in [-0.39, 0.29) is 12.6 Å². The van der Waals surface area contributed by atoms with Crippen LogP contribution in [0.4, 0.5) is 0 Å². The molecule has 1 aromatic rings. The van der Waals surface area contributed by atoms with Crippen LogP contribution >= 0.6 is 0 Å². The molecule has 1 fully saturated rings. The van der Waals surface area contributed by atoms with Crippen molar-refractivity contribution in [3.63, 3.8) is 0 Å². The summed E-state index contributed by atoms with van der Waals surface area (Å²) in [6.45, 7) is 3.49. The lowest BCUT2D eigenvalue weighted by molar-refractivity contribution is 0.246. The van der Waals surface area contributed by atoms with Gasteiger partial charge in [-0.05, 0) is 26.8 Å². The molecule has 0 bridgehead atoms. The third-order valence-electron chi connectivity index (χ3n) is 4.10. The Bertz CT molecular complexity index is 567. The highest BCUT2D eigenvalue weighted by atomic mass is 32.2. The minimum Gasteiger partial charge on any atom is -0.318 e. The maximum Gasteiger partial charge on any atom is 0.280 e. The van der Waals surface area contributed by atoms with E-state index in [0.717, 1.165) is 30.5 Å². The van der Waals surface area contributed by atoms with E-state index < -0.39 is 10.2 Å². The lowest BCUT2D eigenvalue weighted by Crippen LogP contribution is -2.51. The average molecular weight is 315 g/mol. The van der Waals surface area contributed by atoms with E-state index in [0.29, 0.717) is 13.1 Å². The molecule has 0 amide bonds. The van der Waals surface area contributed by atoms with Crippen LogP contribution in [0.15, 0.2) is 6.20 Å². The van der Waals surface area contributed by atoms with Crippen LogP contribution in [0.25, 0.3) is 0 Å². The van der Waals surface area contributed by atoms with Crippen LogP contribution in [0, 0.1) is 6.92 Å². The molecule has 1 aliphatic rings. The van der Waals surface area contributed by atoms with Crippen LogP contribution in [0.3, 0.4) is 0 Å². The molecule has 2 heterocycles. The molecule has 7 nitrogen and oxygen atoms in total. The van der Waals surface area contributed by atoms with Gasteiger partial charge in [0.25, 0.3) is 10.2 Å². The molecule has 8 heteroatoms. The fraction of sp³-hybridized carbons (Fsp3) is 0.769. The summed E-state index contributed by atoms with van der Waals surface area (Å²) < 4.78 is 31.1. The van der Waals surface area contributed by atoms with Crippen LogP contribution in [0.1, 0.15) is 30.5 Å². The second kappa shape index (κ2) is 6.87. The van der Waals surface area contributed by atoms with E-state index >= 15 is 0 Å². The first-order chi connectivity index (χ1) is 9.95. The fourth-order valence-electron chi connectivity index (χ4n) is 2.70. The van der Waals surface area contributed by atoms with Gasteiger partial charge in [-0.3, -0.25) is 4.68 Å². The largest absolute Gasteiger partial charge is 0.318 e. The Hall–Kier alpha value is -0.960. The number of aryl methyl sites for hydroxylation is 1. The number of nitrogens with zero attached hydrogens (tertiary/aromatic N) is 3. The molecule has 0 radical (unpaired) electrons. The quantitative estimate of drug-likeness (QED) is 0.782. The molecule has 21 heavy (non-hydrogen) atoms. The van der Waals surface area contributed by atoms with Gasteiger partial charge in [0, 0.05) is 44.0 Å². The Kier molecular flexibility index (Phi) is 5.37. The summed E-state index contributed by atoms with van der Waals surface area (Å²) >= 11 is 0. The second-order valence-electron chi connectivity index (χ2n) is 5.52. The van der Waals surface area contributed by atoms with Gasteiger partial charge in [-0.1, -0.05) is 6.42 Å². The Balaban J connectivity index is 2.04. The predicted octanol–water partition coefficient (Wildman–Crippen LogP) is 0.137. The van der Waals surface area contributed by atoms with Gasteiger partial charge in [0.2, 0.25) is 0 Å². The average Bonchev–Trinajstić information content (AvgIpc) is 2.78.